The predicted octanol–water partition coefficient (Wildman–Crippen LogP) is 12.0. The number of anilines is 1. The fourth-order valence-electron chi connectivity index (χ4n) is 3.83. The van der Waals surface area contributed by atoms with Crippen LogP contribution in [0.4, 0.5) is 5.69 Å². The van der Waals surface area contributed by atoms with Gasteiger partial charge in [-0.2, -0.15) is 12.6 Å². The Morgan fingerprint density at radius 2 is 1.58 bits per heavy atom. The Bertz CT molecular complexity index is 1350. The van der Waals surface area contributed by atoms with Crippen LogP contribution >= 0.6 is 24.4 Å². The molecular weight excluding hydrogens is 587 g/mol. The van der Waals surface area contributed by atoms with E-state index in [1.165, 1.54) is 44.8 Å². The maximum Gasteiger partial charge on any atom is 0.149 e. The summed E-state index contributed by atoms with van der Waals surface area (Å²) in [5.74, 6) is 0. The van der Waals surface area contributed by atoms with Crippen molar-refractivity contribution in [2.45, 2.75) is 74.2 Å². The highest BCUT2D eigenvalue weighted by atomic mass is 32.2. The molecule has 0 saturated carbocycles. The van der Waals surface area contributed by atoms with E-state index in [1.54, 1.807) is 18.0 Å². The van der Waals surface area contributed by atoms with Crippen LogP contribution in [0.3, 0.4) is 0 Å². The van der Waals surface area contributed by atoms with Crippen molar-refractivity contribution < 1.29 is 0 Å². The van der Waals surface area contributed by atoms with Crippen molar-refractivity contribution in [1.82, 2.24) is 5.32 Å². The molecule has 0 fully saturated rings. The fraction of sp³-hybridized carbons (Fsp3) is 0.325. The van der Waals surface area contributed by atoms with Crippen LogP contribution < -0.4 is 10.6 Å². The molecule has 0 bridgehead atoms. The second kappa shape index (κ2) is 24.9. The van der Waals surface area contributed by atoms with Gasteiger partial charge < -0.3 is 10.6 Å². The van der Waals surface area contributed by atoms with Crippen LogP contribution in [0.5, 0.6) is 0 Å². The van der Waals surface area contributed by atoms with E-state index >= 15 is 0 Å². The monoisotopic (exact) mass is 643 g/mol. The molecule has 2 aliphatic heterocycles. The number of allylic oxidation sites excluding steroid dienone is 9. The first-order chi connectivity index (χ1) is 21.7. The number of rotatable bonds is 7. The minimum atomic E-state index is 0.182. The SMILES string of the molecule is C/C=C\C.C=C(C)/C=C\C(=C/C)c1ccc(C(=C)C)cc1.CC.CS.Cc1ccc(C)c(NC2NC(C3=CCCN=C3)=CS2)c1. The Kier molecular flexibility index (Phi) is 23.0. The summed E-state index contributed by atoms with van der Waals surface area (Å²) < 4.78 is 0. The molecule has 1 atom stereocenters. The Morgan fingerprint density at radius 1 is 0.956 bits per heavy atom. The van der Waals surface area contributed by atoms with E-state index < -0.39 is 0 Å². The lowest BCUT2D eigenvalue weighted by molar-refractivity contribution is 0.842. The average molecular weight is 644 g/mol. The van der Waals surface area contributed by atoms with Crippen molar-refractivity contribution in [3.63, 3.8) is 0 Å². The van der Waals surface area contributed by atoms with Gasteiger partial charge in [0.2, 0.25) is 0 Å². The number of benzene rings is 2. The zero-order chi connectivity index (χ0) is 34.2. The molecule has 4 rings (SSSR count). The summed E-state index contributed by atoms with van der Waals surface area (Å²) in [7, 11) is 0. The average Bonchev–Trinajstić information content (AvgIpc) is 3.54. The number of hydrogen-bond donors (Lipinski definition) is 3. The first kappa shape index (κ1) is 41.6. The van der Waals surface area contributed by atoms with Gasteiger partial charge in [0, 0.05) is 24.0 Å². The third-order valence-corrected chi connectivity index (χ3v) is 7.23. The Hall–Kier alpha value is -3.41. The van der Waals surface area contributed by atoms with Crippen molar-refractivity contribution in [1.29, 1.82) is 0 Å². The second-order valence-corrected chi connectivity index (χ2v) is 11.1. The molecule has 2 heterocycles. The van der Waals surface area contributed by atoms with E-state index in [4.69, 9.17) is 0 Å². The second-order valence-electron chi connectivity index (χ2n) is 10.1. The lowest BCUT2D eigenvalue weighted by Crippen LogP contribution is -2.29. The van der Waals surface area contributed by atoms with Gasteiger partial charge >= 0.3 is 0 Å². The molecule has 0 aromatic heterocycles. The van der Waals surface area contributed by atoms with E-state index in [1.807, 2.05) is 72.9 Å². The molecule has 5 heteroatoms. The van der Waals surface area contributed by atoms with E-state index in [0.717, 1.165) is 24.1 Å². The summed E-state index contributed by atoms with van der Waals surface area (Å²) in [5.41, 5.74) is 12.1. The summed E-state index contributed by atoms with van der Waals surface area (Å²) in [6.45, 7) is 27.0. The third-order valence-electron chi connectivity index (χ3n) is 6.35. The minimum absolute atomic E-state index is 0.182. The molecule has 0 amide bonds. The van der Waals surface area contributed by atoms with Crippen LogP contribution in [0, 0.1) is 13.8 Å². The van der Waals surface area contributed by atoms with Gasteiger partial charge in [-0.3, -0.25) is 4.99 Å². The quantitative estimate of drug-likeness (QED) is 0.160. The highest BCUT2D eigenvalue weighted by Gasteiger charge is 2.19. The maximum absolute atomic E-state index is 4.33. The van der Waals surface area contributed by atoms with Crippen LogP contribution in [0.1, 0.15) is 77.1 Å². The lowest BCUT2D eigenvalue weighted by atomic mass is 10.0. The molecule has 2 N–H and O–H groups in total. The molecule has 2 aliphatic rings. The van der Waals surface area contributed by atoms with Gasteiger partial charge in [0.15, 0.2) is 0 Å². The highest BCUT2D eigenvalue weighted by molar-refractivity contribution is 8.03. The van der Waals surface area contributed by atoms with Gasteiger partial charge in [0.25, 0.3) is 0 Å². The smallest absolute Gasteiger partial charge is 0.149 e. The van der Waals surface area contributed by atoms with Crippen molar-refractivity contribution in [3.05, 3.63) is 137 Å². The summed E-state index contributed by atoms with van der Waals surface area (Å²) in [6.07, 6.45) is 17.2. The fourth-order valence-corrected chi connectivity index (χ4v) is 4.69. The summed E-state index contributed by atoms with van der Waals surface area (Å²) >= 11 is 5.29. The van der Waals surface area contributed by atoms with Crippen LogP contribution in [-0.4, -0.2) is 24.5 Å². The number of aryl methyl sites for hydroxylation is 2. The Balaban J connectivity index is 0.000000707. The van der Waals surface area contributed by atoms with Gasteiger partial charge in [-0.05, 0) is 100 Å². The van der Waals surface area contributed by atoms with Crippen molar-refractivity contribution in [2.24, 2.45) is 4.99 Å². The maximum atomic E-state index is 4.33. The van der Waals surface area contributed by atoms with E-state index in [9.17, 15) is 0 Å². The minimum Gasteiger partial charge on any atom is -0.356 e. The van der Waals surface area contributed by atoms with Gasteiger partial charge in [-0.25, -0.2) is 0 Å². The first-order valence-electron chi connectivity index (χ1n) is 15.6. The highest BCUT2D eigenvalue weighted by Crippen LogP contribution is 2.28. The first-order valence-corrected chi connectivity index (χ1v) is 17.5. The Labute approximate surface area is 285 Å². The van der Waals surface area contributed by atoms with Crippen LogP contribution in [0.25, 0.3) is 11.1 Å². The van der Waals surface area contributed by atoms with E-state index in [0.29, 0.717) is 0 Å². The summed E-state index contributed by atoms with van der Waals surface area (Å²) in [4.78, 5) is 4.33. The topological polar surface area (TPSA) is 36.4 Å². The third kappa shape index (κ3) is 16.5. The van der Waals surface area contributed by atoms with Gasteiger partial charge in [-0.1, -0.05) is 123 Å². The number of aliphatic imine (C=N–C) groups is 1. The van der Waals surface area contributed by atoms with Crippen LogP contribution in [0.15, 0.2) is 119 Å². The molecule has 0 radical (unpaired) electrons. The number of nitrogens with zero attached hydrogens (tertiary/aromatic N) is 1. The molecule has 244 valence electrons. The number of dihydropyridines is 1. The van der Waals surface area contributed by atoms with Gasteiger partial charge in [-0.15, -0.1) is 0 Å². The zero-order valence-corrected chi connectivity index (χ0v) is 31.1. The lowest BCUT2D eigenvalue weighted by Gasteiger charge is -2.18. The Morgan fingerprint density at radius 3 is 2.09 bits per heavy atom. The summed E-state index contributed by atoms with van der Waals surface area (Å²) in [6, 6.07) is 15.0. The molecule has 3 nitrogen and oxygen atoms in total. The molecule has 0 aliphatic carbocycles. The predicted molar refractivity (Wildman–Crippen MR) is 214 cm³/mol. The van der Waals surface area contributed by atoms with Crippen LogP contribution in [-0.2, 0) is 0 Å². The molecule has 1 unspecified atom stereocenters. The van der Waals surface area contributed by atoms with E-state index in [2.05, 4.69) is 121 Å². The standard InChI is InChI=1S/C17H20.C16H19N3S.C4H8.C2H6.CH4S/c1-6-15(8-7-13(2)3)17-11-9-16(10-12-17)14(4)5;1-11-5-6-12(2)14(8-11)18-16-19-15(10-20-16)13-4-3-7-17-9-13;1-3-4-2;2*1-2/h6-12H,2,4H2,1,3,5H3;4-6,8-10,16,18-19H,3,7H2,1-2H3;3-4H,1-2H3;1-2H3;2H,1H3/b8-7-,15-6+;;4-3-;;. The number of thiol groups is 1. The van der Waals surface area contributed by atoms with Crippen molar-refractivity contribution in [2.75, 3.05) is 18.1 Å². The van der Waals surface area contributed by atoms with Gasteiger partial charge in [0.1, 0.15) is 5.50 Å². The largest absolute Gasteiger partial charge is 0.356 e. The zero-order valence-electron chi connectivity index (χ0n) is 29.4. The van der Waals surface area contributed by atoms with Crippen LogP contribution in [0.2, 0.25) is 0 Å². The molecular formula is C40H57N3S2. The molecule has 45 heavy (non-hydrogen) atoms. The normalized spacial score (nSPS) is 15.0. The number of thioether (sulfide) groups is 1. The molecule has 2 aromatic carbocycles. The number of hydrogen-bond acceptors (Lipinski definition) is 5. The molecule has 2 aromatic rings. The van der Waals surface area contributed by atoms with Gasteiger partial charge in [0.05, 0.1) is 5.70 Å². The number of nitrogens with one attached hydrogen (secondary N) is 2. The van der Waals surface area contributed by atoms with Crippen molar-refractivity contribution >= 4 is 47.4 Å². The van der Waals surface area contributed by atoms with Crippen molar-refractivity contribution in [3.8, 4) is 0 Å². The molecule has 0 spiro atoms. The summed E-state index contributed by atoms with van der Waals surface area (Å²) in [5, 5.41) is 9.23. The van der Waals surface area contributed by atoms with E-state index in [-0.39, 0.29) is 5.50 Å². The molecule has 0 saturated heterocycles.